The van der Waals surface area contributed by atoms with Crippen molar-refractivity contribution >= 4 is 80.2 Å². The molecule has 56 heavy (non-hydrogen) atoms. The van der Waals surface area contributed by atoms with Crippen molar-refractivity contribution in [2.45, 2.75) is 57.5 Å². The molecule has 4 aromatic carbocycles. The van der Waals surface area contributed by atoms with E-state index in [4.69, 9.17) is 4.74 Å². The summed E-state index contributed by atoms with van der Waals surface area (Å²) in [6.45, 7) is 2.26. The van der Waals surface area contributed by atoms with Gasteiger partial charge in [0.25, 0.3) is 29.0 Å². The molecule has 15 nitrogen and oxygen atoms in total. The zero-order chi connectivity index (χ0) is 39.8. The quantitative estimate of drug-likeness (QED) is 0.105. The first kappa shape index (κ1) is 38.2. The van der Waals surface area contributed by atoms with Gasteiger partial charge < -0.3 is 20.3 Å². The van der Waals surface area contributed by atoms with Gasteiger partial charge in [0.15, 0.2) is 0 Å². The van der Waals surface area contributed by atoms with Gasteiger partial charge in [0.05, 0.1) is 40.9 Å². The Morgan fingerprint density at radius 3 is 2.52 bits per heavy atom. The second kappa shape index (κ2) is 15.5. The second-order valence-electron chi connectivity index (χ2n) is 13.8. The molecule has 0 aliphatic carbocycles. The van der Waals surface area contributed by atoms with Gasteiger partial charge in [-0.1, -0.05) is 25.1 Å². The maximum atomic E-state index is 13.5. The lowest BCUT2D eigenvalue weighted by atomic mass is 9.97. The van der Waals surface area contributed by atoms with Crippen molar-refractivity contribution in [3.05, 3.63) is 89.0 Å². The van der Waals surface area contributed by atoms with Crippen molar-refractivity contribution in [3.63, 3.8) is 0 Å². The number of hydrogen-bond acceptors (Lipinski definition) is 9. The number of para-hydroxylation sites is 2. The summed E-state index contributed by atoms with van der Waals surface area (Å²) in [6, 6.07) is 17.5. The average Bonchev–Trinajstić information content (AvgIpc) is 3.59. The molecule has 3 aliphatic heterocycles. The third kappa shape index (κ3) is 6.85. The van der Waals surface area contributed by atoms with E-state index < -0.39 is 40.9 Å². The van der Waals surface area contributed by atoms with E-state index in [2.05, 4.69) is 16.0 Å². The number of nitrogens with one attached hydrogen (secondary N) is 3. The number of ether oxygens (including phenoxy) is 1. The van der Waals surface area contributed by atoms with E-state index in [0.29, 0.717) is 69.8 Å². The van der Waals surface area contributed by atoms with E-state index in [1.165, 1.54) is 22.4 Å². The molecule has 3 heterocycles. The second-order valence-corrected chi connectivity index (χ2v) is 14.6. The van der Waals surface area contributed by atoms with Crippen LogP contribution >= 0.6 is 0 Å². The van der Waals surface area contributed by atoms with E-state index in [0.717, 1.165) is 4.90 Å². The zero-order valence-electron chi connectivity index (χ0n) is 30.9. The normalized spacial score (nSPS) is 17.2. The van der Waals surface area contributed by atoms with Crippen LogP contribution in [0.3, 0.4) is 0 Å². The van der Waals surface area contributed by atoms with Gasteiger partial charge in [0.1, 0.15) is 11.8 Å². The molecular formula is C40H40N6O9S. The molecule has 7 rings (SSSR count). The molecular weight excluding hydrogens is 741 g/mol. The van der Waals surface area contributed by atoms with Gasteiger partial charge in [0, 0.05) is 48.9 Å². The number of hydrogen-bond donors (Lipinski definition) is 4. The van der Waals surface area contributed by atoms with Crippen molar-refractivity contribution < 1.29 is 42.3 Å². The monoisotopic (exact) mass is 780 g/mol. The Morgan fingerprint density at radius 2 is 1.79 bits per heavy atom. The maximum Gasteiger partial charge on any atom is 0.266 e. The van der Waals surface area contributed by atoms with Crippen LogP contribution in [0.2, 0.25) is 0 Å². The summed E-state index contributed by atoms with van der Waals surface area (Å²) in [6.07, 6.45) is 1.61. The molecule has 4 N–H and O–H groups in total. The van der Waals surface area contributed by atoms with Gasteiger partial charge in [-0.2, -0.15) is 0 Å². The Balaban J connectivity index is 1.03. The molecule has 1 fully saturated rings. The standard InChI is InChI=1S/C40H40N6O9S/c1-4-23(42-27-9-7-8-24-36(27)40(52)45(39(24)51)31-15-17-34(48)43-37(31)49)18-19-41-33(47)16-12-22-20-25-28(13-14-30-35(25)26(21-22)38(50)44(30)2)46(56(53)54)29-10-5-6-11-32(29)55-3/h5-11,13-14,20-21,23,31,42H,4,12,15-19H2,1-3H3,(H,41,47)(H,53,54)(H,43,48,49). The summed E-state index contributed by atoms with van der Waals surface area (Å²) in [4.78, 5) is 79.9. The van der Waals surface area contributed by atoms with Gasteiger partial charge in [-0.3, -0.25) is 43.5 Å². The minimum Gasteiger partial charge on any atom is -0.495 e. The predicted octanol–water partition coefficient (Wildman–Crippen LogP) is 4.44. The molecule has 6 amide bonds. The molecule has 0 aromatic heterocycles. The van der Waals surface area contributed by atoms with Gasteiger partial charge in [-0.05, 0) is 79.8 Å². The lowest BCUT2D eigenvalue weighted by Crippen LogP contribution is -2.54. The van der Waals surface area contributed by atoms with Gasteiger partial charge in [0.2, 0.25) is 17.7 Å². The fourth-order valence-electron chi connectivity index (χ4n) is 7.63. The van der Waals surface area contributed by atoms with Crippen LogP contribution < -0.4 is 29.9 Å². The summed E-state index contributed by atoms with van der Waals surface area (Å²) in [7, 11) is 3.14. The highest BCUT2D eigenvalue weighted by Gasteiger charge is 2.45. The predicted molar refractivity (Wildman–Crippen MR) is 209 cm³/mol. The minimum absolute atomic E-state index is 0.0260. The molecule has 16 heteroatoms. The summed E-state index contributed by atoms with van der Waals surface area (Å²) in [5, 5.41) is 9.72. The molecule has 3 unspecified atom stereocenters. The molecule has 3 atom stereocenters. The zero-order valence-corrected chi connectivity index (χ0v) is 31.7. The van der Waals surface area contributed by atoms with Gasteiger partial charge >= 0.3 is 0 Å². The van der Waals surface area contributed by atoms with Crippen LogP contribution in [0, 0.1) is 0 Å². The summed E-state index contributed by atoms with van der Waals surface area (Å²) >= 11 is -2.50. The SMILES string of the molecule is CCC(CCNC(=O)CCc1cc2c3c(ccc(N(c4ccccc4OC)S(=O)O)c3c1)N(C)C2=O)Nc1cccc2c1C(=O)N(C1CCC(=O)NC1=O)C2=O. The van der Waals surface area contributed by atoms with Crippen LogP contribution in [-0.2, 0) is 32.1 Å². The van der Waals surface area contributed by atoms with E-state index in [-0.39, 0.29) is 54.7 Å². The van der Waals surface area contributed by atoms with E-state index >= 15 is 0 Å². The average molecular weight is 781 g/mol. The molecule has 3 aliphatic rings. The molecule has 1 saturated heterocycles. The highest BCUT2D eigenvalue weighted by atomic mass is 32.2. The highest BCUT2D eigenvalue weighted by Crippen LogP contribution is 2.45. The lowest BCUT2D eigenvalue weighted by Gasteiger charge is -2.28. The van der Waals surface area contributed by atoms with Crippen molar-refractivity contribution in [1.29, 1.82) is 0 Å². The largest absolute Gasteiger partial charge is 0.495 e. The van der Waals surface area contributed by atoms with Gasteiger partial charge in [-0.15, -0.1) is 0 Å². The Hall–Kier alpha value is -6.13. The number of methoxy groups -OCH3 is 1. The van der Waals surface area contributed by atoms with E-state index in [9.17, 15) is 37.5 Å². The molecule has 0 radical (unpaired) electrons. The lowest BCUT2D eigenvalue weighted by molar-refractivity contribution is -0.136. The fourth-order valence-corrected chi connectivity index (χ4v) is 8.28. The number of benzene rings is 4. The Morgan fingerprint density at radius 1 is 1.00 bits per heavy atom. The number of nitrogens with zero attached hydrogens (tertiary/aromatic N) is 3. The number of fused-ring (bicyclic) bond motifs is 1. The summed E-state index contributed by atoms with van der Waals surface area (Å²) < 4.78 is 30.1. The summed E-state index contributed by atoms with van der Waals surface area (Å²) in [5.74, 6) is -2.38. The van der Waals surface area contributed by atoms with Crippen LogP contribution in [-0.4, -0.2) is 81.9 Å². The van der Waals surface area contributed by atoms with Gasteiger partial charge in [-0.25, -0.2) is 8.51 Å². The van der Waals surface area contributed by atoms with Crippen LogP contribution in [0.5, 0.6) is 5.75 Å². The molecule has 0 saturated carbocycles. The number of aryl methyl sites for hydroxylation is 1. The molecule has 0 spiro atoms. The highest BCUT2D eigenvalue weighted by molar-refractivity contribution is 7.81. The number of rotatable bonds is 14. The van der Waals surface area contributed by atoms with Crippen LogP contribution in [0.1, 0.15) is 75.7 Å². The van der Waals surface area contributed by atoms with E-state index in [1.807, 2.05) is 13.0 Å². The first-order valence-corrected chi connectivity index (χ1v) is 19.3. The fraction of sp³-hybridized carbons (Fsp3) is 0.300. The van der Waals surface area contributed by atoms with Crippen molar-refractivity contribution in [2.75, 3.05) is 35.2 Å². The number of carbonyl (C=O) groups is 6. The smallest absolute Gasteiger partial charge is 0.266 e. The number of imide groups is 2. The van der Waals surface area contributed by atoms with Crippen molar-refractivity contribution in [3.8, 4) is 5.75 Å². The van der Waals surface area contributed by atoms with Crippen LogP contribution in [0.4, 0.5) is 22.7 Å². The number of anilines is 4. The Kier molecular flexibility index (Phi) is 10.6. The maximum absolute atomic E-state index is 13.5. The van der Waals surface area contributed by atoms with Crippen LogP contribution in [0.15, 0.2) is 66.7 Å². The number of amides is 6. The van der Waals surface area contributed by atoms with Crippen molar-refractivity contribution in [1.82, 2.24) is 15.5 Å². The summed E-state index contributed by atoms with van der Waals surface area (Å²) in [5.41, 5.74) is 3.33. The third-order valence-corrected chi connectivity index (χ3v) is 11.2. The third-order valence-electron chi connectivity index (χ3n) is 10.5. The Labute approximate surface area is 324 Å². The minimum atomic E-state index is -2.50. The molecule has 4 aromatic rings. The molecule has 290 valence electrons. The molecule has 0 bridgehead atoms. The van der Waals surface area contributed by atoms with Crippen molar-refractivity contribution in [2.24, 2.45) is 0 Å². The number of carbonyl (C=O) groups excluding carboxylic acids is 6. The number of piperidine rings is 1. The van der Waals surface area contributed by atoms with E-state index in [1.54, 1.807) is 61.6 Å². The Bertz CT molecular complexity index is 2350. The topological polar surface area (TPSA) is 195 Å². The first-order valence-electron chi connectivity index (χ1n) is 18.2. The first-order chi connectivity index (χ1) is 26.9. The van der Waals surface area contributed by atoms with Crippen LogP contribution in [0.25, 0.3) is 10.8 Å².